The van der Waals surface area contributed by atoms with Gasteiger partial charge in [0.2, 0.25) is 0 Å². The summed E-state index contributed by atoms with van der Waals surface area (Å²) < 4.78 is 174. The molecule has 0 radical (unpaired) electrons. The fourth-order valence-electron chi connectivity index (χ4n) is 8.60. The summed E-state index contributed by atoms with van der Waals surface area (Å²) in [6.45, 7) is 0. The van der Waals surface area contributed by atoms with Crippen molar-refractivity contribution >= 4 is 86.6 Å². The highest BCUT2D eigenvalue weighted by Gasteiger charge is 2.22. The lowest BCUT2D eigenvalue weighted by Crippen LogP contribution is -1.95. The molecule has 0 aliphatic rings. The Balaban J connectivity index is 1.32. The zero-order valence-corrected chi connectivity index (χ0v) is 29.5. The fraction of sp³-hybridized carbons (Fsp3) is 0. The average molecular weight is 739 g/mol. The standard InChI is InChI=1S/C56H32O/c1-2-9-33(10-3-1)54-47(39-25-28-51-48(29-39)43-16-4-5-18-50(43)57-51)31-41(46-30-40-15-7-13-35-19-21-37-14-8-17-44(46)55(37)53(35)40)32-49(54)42-26-23-38-22-20-34-11-6-12-36-24-27-45(42)56(38)52(34)36/h1-32H/i6D,7D,8D,11D,12D,13D,14D,15D,17D,19D,20D,21D,22D,23D,24D,26D,27D,30D. The lowest BCUT2D eigenvalue weighted by Gasteiger charge is -2.22. The van der Waals surface area contributed by atoms with E-state index in [0.29, 0.717) is 38.8 Å². The van der Waals surface area contributed by atoms with Gasteiger partial charge in [-0.05, 0) is 146 Å². The maximum atomic E-state index is 10.1. The summed E-state index contributed by atoms with van der Waals surface area (Å²) in [5.74, 6) is 0. The summed E-state index contributed by atoms with van der Waals surface area (Å²) >= 11 is 0. The first kappa shape index (κ1) is 18.4. The summed E-state index contributed by atoms with van der Waals surface area (Å²) in [6.07, 6.45) is 0. The van der Waals surface area contributed by atoms with Crippen LogP contribution in [0, 0.1) is 0 Å². The van der Waals surface area contributed by atoms with Crippen molar-refractivity contribution in [2.24, 2.45) is 0 Å². The minimum absolute atomic E-state index is 0.0356. The second kappa shape index (κ2) is 11.5. The summed E-state index contributed by atoms with van der Waals surface area (Å²) in [5, 5.41) is -0.364. The lowest BCUT2D eigenvalue weighted by molar-refractivity contribution is 0.669. The summed E-state index contributed by atoms with van der Waals surface area (Å²) in [4.78, 5) is 0. The minimum atomic E-state index is -0.634. The molecule has 0 N–H and O–H groups in total. The molecule has 0 bridgehead atoms. The summed E-state index contributed by atoms with van der Waals surface area (Å²) in [5.41, 5.74) is 3.02. The van der Waals surface area contributed by atoms with Gasteiger partial charge < -0.3 is 4.42 Å². The monoisotopic (exact) mass is 738 g/mol. The molecule has 0 atom stereocenters. The van der Waals surface area contributed by atoms with Gasteiger partial charge in [-0.15, -0.1) is 0 Å². The van der Waals surface area contributed by atoms with Crippen LogP contribution in [0.15, 0.2) is 198 Å². The van der Waals surface area contributed by atoms with Crippen LogP contribution in [-0.2, 0) is 0 Å². The molecule has 0 saturated heterocycles. The summed E-state index contributed by atoms with van der Waals surface area (Å²) in [6, 6.07) is 15.1. The molecule has 0 saturated carbocycles. The van der Waals surface area contributed by atoms with Crippen LogP contribution in [0.2, 0.25) is 0 Å². The Morgan fingerprint density at radius 2 is 0.912 bits per heavy atom. The molecular formula is C56H32O. The molecule has 0 spiro atoms. The van der Waals surface area contributed by atoms with Crippen LogP contribution in [0.5, 0.6) is 0 Å². The second-order valence-electron chi connectivity index (χ2n) is 14.1. The number of benzene rings is 12. The van der Waals surface area contributed by atoms with Crippen molar-refractivity contribution in [3.63, 3.8) is 0 Å². The Morgan fingerprint density at radius 1 is 0.333 bits per heavy atom. The van der Waals surface area contributed by atoms with Crippen molar-refractivity contribution in [1.82, 2.24) is 0 Å². The zero-order chi connectivity index (χ0) is 52.9. The topological polar surface area (TPSA) is 13.1 Å². The first-order valence-electron chi connectivity index (χ1n) is 27.3. The van der Waals surface area contributed by atoms with Crippen LogP contribution in [0.4, 0.5) is 0 Å². The van der Waals surface area contributed by atoms with E-state index in [9.17, 15) is 12.3 Å². The molecule has 262 valence electrons. The normalized spacial score (nSPS) is 16.6. The Hall–Kier alpha value is -7.48. The van der Waals surface area contributed by atoms with Gasteiger partial charge >= 0.3 is 0 Å². The molecule has 0 aliphatic carbocycles. The largest absolute Gasteiger partial charge is 0.456 e. The van der Waals surface area contributed by atoms with Crippen molar-refractivity contribution in [3.05, 3.63) is 194 Å². The molecule has 1 aromatic heterocycles. The van der Waals surface area contributed by atoms with Gasteiger partial charge in [0.25, 0.3) is 0 Å². The fourth-order valence-corrected chi connectivity index (χ4v) is 8.60. The zero-order valence-electron chi connectivity index (χ0n) is 47.5. The Labute approximate surface area is 353 Å². The van der Waals surface area contributed by atoms with E-state index in [1.807, 2.05) is 42.5 Å². The van der Waals surface area contributed by atoms with Crippen LogP contribution in [0.1, 0.15) is 24.7 Å². The molecule has 12 aromatic carbocycles. The Bertz CT molecular complexity index is 4770. The van der Waals surface area contributed by atoms with Crippen LogP contribution in [-0.4, -0.2) is 0 Å². The molecular weight excluding hydrogens is 689 g/mol. The molecule has 0 aliphatic heterocycles. The van der Waals surface area contributed by atoms with Gasteiger partial charge in [-0.1, -0.05) is 157 Å². The number of para-hydroxylation sites is 1. The Kier molecular flexibility index (Phi) is 3.73. The molecule has 13 rings (SSSR count). The maximum absolute atomic E-state index is 10.1. The van der Waals surface area contributed by atoms with E-state index >= 15 is 0 Å². The van der Waals surface area contributed by atoms with Gasteiger partial charge in [0.1, 0.15) is 11.2 Å². The molecule has 13 aromatic rings. The van der Waals surface area contributed by atoms with E-state index in [2.05, 4.69) is 0 Å². The van der Waals surface area contributed by atoms with Gasteiger partial charge in [-0.3, -0.25) is 0 Å². The number of rotatable bonds is 4. The van der Waals surface area contributed by atoms with Gasteiger partial charge in [0, 0.05) is 10.8 Å². The smallest absolute Gasteiger partial charge is 0.135 e. The Morgan fingerprint density at radius 3 is 1.70 bits per heavy atom. The van der Waals surface area contributed by atoms with E-state index in [1.54, 1.807) is 42.5 Å². The first-order valence-corrected chi connectivity index (χ1v) is 18.3. The third-order valence-corrected chi connectivity index (χ3v) is 11.1. The average Bonchev–Trinajstić information content (AvgIpc) is 3.79. The van der Waals surface area contributed by atoms with E-state index in [1.165, 1.54) is 0 Å². The third kappa shape index (κ3) is 4.40. The second-order valence-corrected chi connectivity index (χ2v) is 14.1. The van der Waals surface area contributed by atoms with Crippen LogP contribution in [0.25, 0.3) is 131 Å². The third-order valence-electron chi connectivity index (χ3n) is 11.1. The van der Waals surface area contributed by atoms with Crippen molar-refractivity contribution in [3.8, 4) is 44.5 Å². The van der Waals surface area contributed by atoms with E-state index in [0.717, 1.165) is 5.39 Å². The minimum Gasteiger partial charge on any atom is -0.456 e. The number of fused-ring (bicyclic) bond motifs is 3. The number of hydrogen-bond acceptors (Lipinski definition) is 1. The van der Waals surface area contributed by atoms with Gasteiger partial charge in [0.15, 0.2) is 0 Å². The molecule has 0 unspecified atom stereocenters. The van der Waals surface area contributed by atoms with Gasteiger partial charge in [-0.25, -0.2) is 0 Å². The van der Waals surface area contributed by atoms with Crippen LogP contribution in [0.3, 0.4) is 0 Å². The predicted octanol–water partition coefficient (Wildman–Crippen LogP) is 16.0. The van der Waals surface area contributed by atoms with Gasteiger partial charge in [-0.2, -0.15) is 0 Å². The van der Waals surface area contributed by atoms with Crippen molar-refractivity contribution in [1.29, 1.82) is 0 Å². The van der Waals surface area contributed by atoms with E-state index in [-0.39, 0.29) is 86.9 Å². The highest BCUT2D eigenvalue weighted by Crippen LogP contribution is 2.49. The SMILES string of the molecule is [2H]c1c([2H])c2c([2H])c([2H])c3c([2H])c([2H])c(-c4cc(-c5c([2H])c6c([2H])c([2H])c([2H])c7c([2H])c([2H])c8c([2H])c([2H])c([2H])c5c8c76)cc(-c5ccc6oc7ccccc7c6c5)c4-c4ccccc4)c4c([2H])c([2H])c(c1[2H])c2c34. The number of furan rings is 1. The molecule has 1 nitrogen and oxygen atoms in total. The molecule has 0 amide bonds. The number of hydrogen-bond donors (Lipinski definition) is 0. The van der Waals surface area contributed by atoms with Crippen molar-refractivity contribution < 1.29 is 29.1 Å². The maximum Gasteiger partial charge on any atom is 0.135 e. The summed E-state index contributed by atoms with van der Waals surface area (Å²) in [7, 11) is 0. The highest BCUT2D eigenvalue weighted by molar-refractivity contribution is 6.28. The predicted molar refractivity (Wildman–Crippen MR) is 243 cm³/mol. The highest BCUT2D eigenvalue weighted by atomic mass is 16.3. The molecule has 57 heavy (non-hydrogen) atoms. The van der Waals surface area contributed by atoms with Crippen LogP contribution >= 0.6 is 0 Å². The van der Waals surface area contributed by atoms with E-state index in [4.69, 9.17) is 16.8 Å². The van der Waals surface area contributed by atoms with Crippen molar-refractivity contribution in [2.45, 2.75) is 0 Å². The molecule has 1 heteroatoms. The van der Waals surface area contributed by atoms with Crippen LogP contribution < -0.4 is 0 Å². The quantitative estimate of drug-likeness (QED) is 0.164. The lowest BCUT2D eigenvalue weighted by atomic mass is 9.81. The van der Waals surface area contributed by atoms with Gasteiger partial charge in [0.05, 0.1) is 24.7 Å². The van der Waals surface area contributed by atoms with Crippen molar-refractivity contribution in [2.75, 3.05) is 0 Å². The first-order chi connectivity index (χ1) is 35.8. The molecule has 0 fully saturated rings. The molecule has 1 heterocycles. The van der Waals surface area contributed by atoms with E-state index < -0.39 is 109 Å².